The number of fused-ring (bicyclic) bond motifs is 1. The van der Waals surface area contributed by atoms with Gasteiger partial charge in [0.15, 0.2) is 11.5 Å². The van der Waals surface area contributed by atoms with Crippen LogP contribution in [0.25, 0.3) is 5.82 Å². The fraction of sp³-hybridized carbons (Fsp3) is 0.500. The Bertz CT molecular complexity index is 796. The number of nitrogens with zero attached hydrogens (tertiary/aromatic N) is 4. The van der Waals surface area contributed by atoms with E-state index < -0.39 is 0 Å². The summed E-state index contributed by atoms with van der Waals surface area (Å²) in [5.74, 6) is 0.323. The smallest absolute Gasteiger partial charge is 0.358 e. The Morgan fingerprint density at radius 1 is 1.36 bits per heavy atom. The molecule has 22 heavy (non-hydrogen) atoms. The molecule has 2 unspecified atom stereocenters. The number of carbonyl (C=O) groups is 1. The number of hydrogen-bond donors (Lipinski definition) is 0. The summed E-state index contributed by atoms with van der Waals surface area (Å²) < 4.78 is 6.77. The van der Waals surface area contributed by atoms with Gasteiger partial charge in [0.1, 0.15) is 0 Å². The van der Waals surface area contributed by atoms with Gasteiger partial charge in [-0.05, 0) is 31.1 Å². The maximum absolute atomic E-state index is 12.1. The van der Waals surface area contributed by atoms with Crippen molar-refractivity contribution in [2.45, 2.75) is 37.5 Å². The minimum atomic E-state index is -0.355. The largest absolute Gasteiger partial charge is 0.464 e. The molecule has 6 heteroatoms. The quantitative estimate of drug-likeness (QED) is 0.791. The van der Waals surface area contributed by atoms with Gasteiger partial charge in [-0.2, -0.15) is 5.10 Å². The molecule has 0 radical (unpaired) electrons. The lowest BCUT2D eigenvalue weighted by atomic mass is 9.97. The van der Waals surface area contributed by atoms with Crippen molar-refractivity contribution in [2.24, 2.45) is 5.41 Å². The van der Waals surface area contributed by atoms with E-state index in [1.165, 1.54) is 38.5 Å². The van der Waals surface area contributed by atoms with Crippen LogP contribution in [0.15, 0.2) is 18.6 Å². The highest BCUT2D eigenvalue weighted by atomic mass is 16.5. The second kappa shape index (κ2) is 3.74. The molecular formula is C16H16N4O2. The molecule has 0 spiro atoms. The Labute approximate surface area is 127 Å². The zero-order valence-corrected chi connectivity index (χ0v) is 12.4. The Morgan fingerprint density at radius 3 is 3.05 bits per heavy atom. The third-order valence-electron chi connectivity index (χ3n) is 5.89. The molecule has 0 aliphatic heterocycles. The van der Waals surface area contributed by atoms with E-state index in [2.05, 4.69) is 15.1 Å². The molecule has 6 nitrogen and oxygen atoms in total. The molecule has 3 aliphatic rings. The van der Waals surface area contributed by atoms with E-state index >= 15 is 0 Å². The minimum Gasteiger partial charge on any atom is -0.464 e. The van der Waals surface area contributed by atoms with E-state index in [9.17, 15) is 4.79 Å². The first-order chi connectivity index (χ1) is 10.7. The first-order valence-corrected chi connectivity index (χ1v) is 7.68. The van der Waals surface area contributed by atoms with Crippen molar-refractivity contribution < 1.29 is 9.53 Å². The van der Waals surface area contributed by atoms with Gasteiger partial charge in [-0.15, -0.1) is 0 Å². The fourth-order valence-electron chi connectivity index (χ4n) is 4.99. The van der Waals surface area contributed by atoms with Crippen LogP contribution in [-0.2, 0) is 16.6 Å². The van der Waals surface area contributed by atoms with Gasteiger partial charge in [-0.25, -0.2) is 14.5 Å². The Kier molecular flexibility index (Phi) is 2.10. The highest BCUT2D eigenvalue weighted by Crippen LogP contribution is 2.79. The SMILES string of the molecule is COC(=O)c1nn(-c2cnccn2)c2c1CC13CCCC21C3. The van der Waals surface area contributed by atoms with Gasteiger partial charge in [-0.3, -0.25) is 4.98 Å². The standard InChI is InChI=1S/C16H16N4O2/c1-22-14(21)12-10-7-15-3-2-4-16(15,9-15)13(10)20(19-12)11-8-17-5-6-18-11/h5-6,8H,2-4,7,9H2,1H3. The fourth-order valence-corrected chi connectivity index (χ4v) is 4.99. The van der Waals surface area contributed by atoms with Crippen molar-refractivity contribution in [1.29, 1.82) is 0 Å². The second-order valence-corrected chi connectivity index (χ2v) is 6.71. The number of carbonyl (C=O) groups excluding carboxylic acids is 1. The van der Waals surface area contributed by atoms with Crippen molar-refractivity contribution >= 4 is 5.97 Å². The molecule has 2 saturated carbocycles. The third kappa shape index (κ3) is 1.23. The number of hydrogen-bond acceptors (Lipinski definition) is 5. The molecule has 5 rings (SSSR count). The predicted molar refractivity (Wildman–Crippen MR) is 76.8 cm³/mol. The van der Waals surface area contributed by atoms with Crippen LogP contribution in [0.1, 0.15) is 47.4 Å². The summed E-state index contributed by atoms with van der Waals surface area (Å²) in [5, 5.41) is 4.54. The molecule has 0 bridgehead atoms. The van der Waals surface area contributed by atoms with Crippen LogP contribution < -0.4 is 0 Å². The van der Waals surface area contributed by atoms with Crippen molar-refractivity contribution in [3.05, 3.63) is 35.5 Å². The van der Waals surface area contributed by atoms with Crippen LogP contribution in [0.5, 0.6) is 0 Å². The maximum atomic E-state index is 12.1. The number of aromatic nitrogens is 4. The van der Waals surface area contributed by atoms with Crippen molar-refractivity contribution in [1.82, 2.24) is 19.7 Å². The van der Waals surface area contributed by atoms with Crippen LogP contribution in [0.3, 0.4) is 0 Å². The minimum absolute atomic E-state index is 0.207. The van der Waals surface area contributed by atoms with Crippen LogP contribution in [0, 0.1) is 5.41 Å². The van der Waals surface area contributed by atoms with Gasteiger partial charge in [0.2, 0.25) is 0 Å². The number of esters is 1. The molecule has 2 aromatic rings. The summed E-state index contributed by atoms with van der Waals surface area (Å²) in [6.45, 7) is 0. The lowest BCUT2D eigenvalue weighted by Gasteiger charge is -2.13. The maximum Gasteiger partial charge on any atom is 0.358 e. The van der Waals surface area contributed by atoms with Gasteiger partial charge in [0, 0.05) is 23.4 Å². The molecule has 0 aromatic carbocycles. The van der Waals surface area contributed by atoms with Gasteiger partial charge >= 0.3 is 5.97 Å². The van der Waals surface area contributed by atoms with E-state index in [1.807, 2.05) is 4.68 Å². The molecule has 2 fully saturated rings. The van der Waals surface area contributed by atoms with E-state index in [-0.39, 0.29) is 11.4 Å². The van der Waals surface area contributed by atoms with E-state index in [0.717, 1.165) is 12.0 Å². The average molecular weight is 296 g/mol. The van der Waals surface area contributed by atoms with Crippen molar-refractivity contribution in [3.63, 3.8) is 0 Å². The van der Waals surface area contributed by atoms with E-state index in [4.69, 9.17) is 4.74 Å². The van der Waals surface area contributed by atoms with Crippen LogP contribution >= 0.6 is 0 Å². The Hall–Kier alpha value is -2.24. The lowest BCUT2D eigenvalue weighted by Crippen LogP contribution is -2.15. The molecule has 2 aromatic heterocycles. The zero-order chi connectivity index (χ0) is 14.9. The molecule has 0 N–H and O–H groups in total. The zero-order valence-electron chi connectivity index (χ0n) is 12.4. The molecule has 3 aliphatic carbocycles. The van der Waals surface area contributed by atoms with Crippen LogP contribution in [0.4, 0.5) is 0 Å². The third-order valence-corrected chi connectivity index (χ3v) is 5.89. The van der Waals surface area contributed by atoms with Gasteiger partial charge in [-0.1, -0.05) is 6.42 Å². The number of ether oxygens (including phenoxy) is 1. The van der Waals surface area contributed by atoms with Crippen LogP contribution in [-0.4, -0.2) is 32.8 Å². The summed E-state index contributed by atoms with van der Waals surface area (Å²) in [5.41, 5.74) is 3.29. The number of methoxy groups -OCH3 is 1. The number of rotatable bonds is 2. The highest BCUT2D eigenvalue weighted by Gasteiger charge is 2.75. The summed E-state index contributed by atoms with van der Waals surface area (Å²) in [4.78, 5) is 20.6. The molecule has 0 amide bonds. The van der Waals surface area contributed by atoms with E-state index in [1.54, 1.807) is 18.6 Å². The second-order valence-electron chi connectivity index (χ2n) is 6.71. The monoisotopic (exact) mass is 296 g/mol. The van der Waals surface area contributed by atoms with Crippen LogP contribution in [0.2, 0.25) is 0 Å². The molecule has 112 valence electrons. The lowest BCUT2D eigenvalue weighted by molar-refractivity contribution is 0.0592. The Balaban J connectivity index is 1.76. The summed E-state index contributed by atoms with van der Waals surface area (Å²) in [6, 6.07) is 0. The summed E-state index contributed by atoms with van der Waals surface area (Å²) in [7, 11) is 1.41. The van der Waals surface area contributed by atoms with Gasteiger partial charge in [0.05, 0.1) is 19.0 Å². The Morgan fingerprint density at radius 2 is 2.27 bits per heavy atom. The van der Waals surface area contributed by atoms with Crippen molar-refractivity contribution in [2.75, 3.05) is 7.11 Å². The summed E-state index contributed by atoms with van der Waals surface area (Å²) >= 11 is 0. The average Bonchev–Trinajstić information content (AvgIpc) is 2.83. The molecule has 2 atom stereocenters. The molecule has 2 heterocycles. The van der Waals surface area contributed by atoms with Gasteiger partial charge < -0.3 is 4.74 Å². The van der Waals surface area contributed by atoms with E-state index in [0.29, 0.717) is 16.9 Å². The van der Waals surface area contributed by atoms with Gasteiger partial charge in [0.25, 0.3) is 0 Å². The molecule has 0 saturated heterocycles. The van der Waals surface area contributed by atoms with Crippen molar-refractivity contribution in [3.8, 4) is 5.82 Å². The first-order valence-electron chi connectivity index (χ1n) is 7.68. The predicted octanol–water partition coefficient (Wildman–Crippen LogP) is 1.82. The normalized spacial score (nSPS) is 30.6. The topological polar surface area (TPSA) is 69.9 Å². The summed E-state index contributed by atoms with van der Waals surface area (Å²) in [6.07, 6.45) is 10.9. The first kappa shape index (κ1) is 12.3. The highest BCUT2D eigenvalue weighted by molar-refractivity contribution is 5.90. The molecular weight excluding hydrogens is 280 g/mol.